The molecule has 3 N–H and O–H groups in total. The van der Waals surface area contributed by atoms with Gasteiger partial charge >= 0.3 is 0 Å². The van der Waals surface area contributed by atoms with Crippen molar-refractivity contribution in [2.75, 3.05) is 56.2 Å². The molecule has 3 aliphatic rings. The number of aromatic nitrogens is 3. The maximum Gasteiger partial charge on any atom is 0.258 e. The number of nitrogens with zero attached hydrogens (tertiary/aromatic N) is 6. The van der Waals surface area contributed by atoms with Crippen LogP contribution in [-0.2, 0) is 4.79 Å². The van der Waals surface area contributed by atoms with Gasteiger partial charge in [0.1, 0.15) is 23.2 Å². The van der Waals surface area contributed by atoms with E-state index in [0.29, 0.717) is 25.3 Å². The lowest BCUT2D eigenvalue weighted by molar-refractivity contribution is -0.123. The maximum absolute atomic E-state index is 14.3. The van der Waals surface area contributed by atoms with Gasteiger partial charge in [-0.25, -0.2) is 9.37 Å². The molecule has 12 heteroatoms. The zero-order valence-corrected chi connectivity index (χ0v) is 22.0. The Kier molecular flexibility index (Phi) is 6.71. The van der Waals surface area contributed by atoms with E-state index in [4.69, 9.17) is 20.6 Å². The van der Waals surface area contributed by atoms with Crippen LogP contribution in [0.4, 0.5) is 16.0 Å². The monoisotopic (exact) mass is 536 g/mol. The van der Waals surface area contributed by atoms with E-state index in [2.05, 4.69) is 10.2 Å². The number of benzene rings is 1. The third-order valence-electron chi connectivity index (χ3n) is 7.76. The van der Waals surface area contributed by atoms with Crippen LogP contribution in [0.15, 0.2) is 30.3 Å². The normalized spacial score (nSPS) is 22.6. The Hall–Kier alpha value is -3.93. The highest BCUT2D eigenvalue weighted by Crippen LogP contribution is 2.35. The third-order valence-corrected chi connectivity index (χ3v) is 7.76. The van der Waals surface area contributed by atoms with E-state index in [1.807, 2.05) is 24.1 Å². The standard InChI is InChI=1S/C27H33FN8O3/c1-33-11-8-30-25(37)16-39-22-6-5-17(28)12-19(22)27(38)35-9-3-2-4-21(35)20-13-24-31-23(14-26(33)36(24)32-20)34-10-7-18(29)15-34/h5-6,12-14,18,21H,2-4,7-11,15-16,29H2,1H3,(H,30,37). The summed E-state index contributed by atoms with van der Waals surface area (Å²) in [5.74, 6) is 0.591. The van der Waals surface area contributed by atoms with Gasteiger partial charge in [0.05, 0.1) is 17.3 Å². The van der Waals surface area contributed by atoms with E-state index < -0.39 is 5.82 Å². The highest BCUT2D eigenvalue weighted by atomic mass is 19.1. The van der Waals surface area contributed by atoms with E-state index >= 15 is 0 Å². The predicted molar refractivity (Wildman–Crippen MR) is 144 cm³/mol. The number of amides is 2. The predicted octanol–water partition coefficient (Wildman–Crippen LogP) is 1.72. The molecule has 3 aromatic rings. The van der Waals surface area contributed by atoms with Crippen molar-refractivity contribution >= 4 is 29.1 Å². The van der Waals surface area contributed by atoms with Crippen LogP contribution >= 0.6 is 0 Å². The number of halogens is 1. The van der Waals surface area contributed by atoms with Crippen LogP contribution < -0.4 is 25.6 Å². The SMILES string of the molecule is CN1CCNC(=O)COc2ccc(F)cc2C(=O)N2CCCCC2c2cc3nc(N4CCC(N)C4)cc1n3n2. The molecule has 0 aliphatic carbocycles. The van der Waals surface area contributed by atoms with E-state index in [1.54, 1.807) is 9.42 Å². The molecule has 2 amide bonds. The van der Waals surface area contributed by atoms with Gasteiger partial charge in [0.25, 0.3) is 11.8 Å². The van der Waals surface area contributed by atoms with E-state index in [-0.39, 0.29) is 41.8 Å². The van der Waals surface area contributed by atoms with Gasteiger partial charge in [-0.2, -0.15) is 9.61 Å². The molecule has 0 saturated carbocycles. The van der Waals surface area contributed by atoms with E-state index in [1.165, 1.54) is 18.2 Å². The fraction of sp³-hybridized carbons (Fsp3) is 0.481. The first kappa shape index (κ1) is 25.4. The summed E-state index contributed by atoms with van der Waals surface area (Å²) < 4.78 is 21.8. The lowest BCUT2D eigenvalue weighted by Crippen LogP contribution is -2.39. The Morgan fingerprint density at radius 2 is 1.97 bits per heavy atom. The number of rotatable bonds is 1. The van der Waals surface area contributed by atoms with Crippen LogP contribution in [0.25, 0.3) is 5.65 Å². The highest BCUT2D eigenvalue weighted by molar-refractivity contribution is 5.97. The summed E-state index contributed by atoms with van der Waals surface area (Å²) in [5.41, 5.74) is 7.68. The first-order chi connectivity index (χ1) is 18.9. The van der Waals surface area contributed by atoms with Gasteiger partial charge in [0.2, 0.25) is 0 Å². The second-order valence-electron chi connectivity index (χ2n) is 10.5. The molecular formula is C27H33FN8O3. The summed E-state index contributed by atoms with van der Waals surface area (Å²) in [6, 6.07) is 7.54. The largest absolute Gasteiger partial charge is 0.483 e. The Morgan fingerprint density at radius 3 is 2.79 bits per heavy atom. The maximum atomic E-state index is 14.3. The van der Waals surface area contributed by atoms with E-state index in [0.717, 1.165) is 56.1 Å². The Balaban J connectivity index is 1.46. The fourth-order valence-electron chi connectivity index (χ4n) is 5.66. The molecule has 2 fully saturated rings. The fourth-order valence-corrected chi connectivity index (χ4v) is 5.66. The van der Waals surface area contributed by atoms with Crippen LogP contribution in [-0.4, -0.2) is 83.7 Å². The molecule has 2 aromatic heterocycles. The van der Waals surface area contributed by atoms with Gasteiger partial charge < -0.3 is 30.5 Å². The van der Waals surface area contributed by atoms with Gasteiger partial charge in [0.15, 0.2) is 12.3 Å². The number of nitrogens with two attached hydrogens (primary N) is 1. The zero-order chi connectivity index (χ0) is 27.1. The molecule has 1 aromatic carbocycles. The number of likely N-dealkylation sites (N-methyl/N-ethyl adjacent to an activating group) is 1. The average molecular weight is 537 g/mol. The summed E-state index contributed by atoms with van der Waals surface area (Å²) in [6.45, 7) is 2.67. The van der Waals surface area contributed by atoms with Gasteiger partial charge in [-0.05, 0) is 43.9 Å². The number of carbonyl (C=O) groups is 2. The van der Waals surface area contributed by atoms with Crippen molar-refractivity contribution < 1.29 is 18.7 Å². The summed E-state index contributed by atoms with van der Waals surface area (Å²) in [6.07, 6.45) is 3.39. The summed E-state index contributed by atoms with van der Waals surface area (Å²) in [4.78, 5) is 37.3. The number of hydrogen-bond donors (Lipinski definition) is 2. The van der Waals surface area contributed by atoms with Crippen LogP contribution in [0.5, 0.6) is 5.75 Å². The van der Waals surface area contributed by atoms with Crippen LogP contribution in [0, 0.1) is 5.82 Å². The Labute approximate surface area is 225 Å². The number of nitrogens with one attached hydrogen (secondary N) is 1. The number of hydrogen-bond acceptors (Lipinski definition) is 8. The number of fused-ring (bicyclic) bond motifs is 4. The van der Waals surface area contributed by atoms with Crippen molar-refractivity contribution in [1.82, 2.24) is 24.8 Å². The summed E-state index contributed by atoms with van der Waals surface area (Å²) in [7, 11) is 1.95. The molecule has 2 bridgehead atoms. The van der Waals surface area contributed by atoms with Crippen LogP contribution in [0.1, 0.15) is 47.8 Å². The van der Waals surface area contributed by atoms with Crippen molar-refractivity contribution in [1.29, 1.82) is 0 Å². The smallest absolute Gasteiger partial charge is 0.258 e. The minimum Gasteiger partial charge on any atom is -0.483 e. The topological polar surface area (TPSA) is 121 Å². The molecule has 2 atom stereocenters. The first-order valence-corrected chi connectivity index (χ1v) is 13.5. The molecule has 39 heavy (non-hydrogen) atoms. The number of carbonyl (C=O) groups excluding carboxylic acids is 2. The molecule has 206 valence electrons. The zero-order valence-electron chi connectivity index (χ0n) is 22.0. The van der Waals surface area contributed by atoms with Crippen LogP contribution in [0.3, 0.4) is 0 Å². The summed E-state index contributed by atoms with van der Waals surface area (Å²) in [5, 5.41) is 7.80. The van der Waals surface area contributed by atoms with Gasteiger partial charge in [-0.3, -0.25) is 9.59 Å². The minimum atomic E-state index is -0.545. The Morgan fingerprint density at radius 1 is 1.10 bits per heavy atom. The summed E-state index contributed by atoms with van der Waals surface area (Å²) >= 11 is 0. The molecular weight excluding hydrogens is 503 g/mol. The van der Waals surface area contributed by atoms with Crippen molar-refractivity contribution in [3.63, 3.8) is 0 Å². The minimum absolute atomic E-state index is 0.0942. The van der Waals surface area contributed by atoms with Crippen molar-refractivity contribution in [3.8, 4) is 5.75 Å². The van der Waals surface area contributed by atoms with Crippen molar-refractivity contribution in [2.45, 2.75) is 37.8 Å². The lowest BCUT2D eigenvalue weighted by Gasteiger charge is -2.35. The van der Waals surface area contributed by atoms with Crippen molar-refractivity contribution in [2.24, 2.45) is 5.73 Å². The lowest BCUT2D eigenvalue weighted by atomic mass is 9.98. The van der Waals surface area contributed by atoms with Crippen molar-refractivity contribution in [3.05, 3.63) is 47.4 Å². The van der Waals surface area contributed by atoms with E-state index in [9.17, 15) is 14.0 Å². The van der Waals surface area contributed by atoms with Gasteiger partial charge in [-0.1, -0.05) is 0 Å². The molecule has 2 saturated heterocycles. The number of anilines is 2. The second-order valence-corrected chi connectivity index (χ2v) is 10.5. The molecule has 0 radical (unpaired) electrons. The molecule has 2 unspecified atom stereocenters. The van der Waals surface area contributed by atoms with Crippen LogP contribution in [0.2, 0.25) is 0 Å². The number of piperidine rings is 1. The molecule has 3 aliphatic heterocycles. The van der Waals surface area contributed by atoms with Gasteiger partial charge in [-0.15, -0.1) is 0 Å². The second kappa shape index (κ2) is 10.3. The molecule has 6 rings (SSSR count). The molecule has 0 spiro atoms. The molecule has 11 nitrogen and oxygen atoms in total. The quantitative estimate of drug-likeness (QED) is 0.482. The highest BCUT2D eigenvalue weighted by Gasteiger charge is 2.33. The average Bonchev–Trinajstić information content (AvgIpc) is 3.57. The van der Waals surface area contributed by atoms with Gasteiger partial charge in [0, 0.05) is 57.9 Å². The first-order valence-electron chi connectivity index (χ1n) is 13.5. The molecule has 5 heterocycles. The Bertz CT molecular complexity index is 1410. The number of ether oxygens (including phenoxy) is 1. The third kappa shape index (κ3) is 4.96.